The van der Waals surface area contributed by atoms with Crippen LogP contribution in [0.25, 0.3) is 0 Å². The van der Waals surface area contributed by atoms with Gasteiger partial charge in [0.1, 0.15) is 18.4 Å². The molecule has 0 saturated carbocycles. The molecule has 1 fully saturated rings. The van der Waals surface area contributed by atoms with Crippen molar-refractivity contribution in [3.63, 3.8) is 0 Å². The molecule has 1 aromatic carbocycles. The predicted octanol–water partition coefficient (Wildman–Crippen LogP) is 1.58. The number of anilines is 1. The van der Waals surface area contributed by atoms with Crippen LogP contribution in [-0.4, -0.2) is 61.6 Å². The fourth-order valence-electron chi connectivity index (χ4n) is 2.87. The van der Waals surface area contributed by atoms with E-state index in [0.717, 1.165) is 0 Å². The third-order valence-electron chi connectivity index (χ3n) is 4.24. The average Bonchev–Trinajstić information content (AvgIpc) is 2.68. The molecule has 158 valence electrons. The summed E-state index contributed by atoms with van der Waals surface area (Å²) in [7, 11) is 0. The second-order valence-electron chi connectivity index (χ2n) is 7.20. The van der Waals surface area contributed by atoms with Crippen molar-refractivity contribution in [3.8, 4) is 5.75 Å². The summed E-state index contributed by atoms with van der Waals surface area (Å²) < 4.78 is 10.7. The number of nitrogens with one attached hydrogen (secondary N) is 2. The quantitative estimate of drug-likeness (QED) is 0.455. The highest BCUT2D eigenvalue weighted by Gasteiger charge is 2.33. The zero-order chi connectivity index (χ0) is 21.2. The molecule has 1 saturated heterocycles. The number of hydrogen-bond acceptors (Lipinski definition) is 6. The largest absolute Gasteiger partial charge is 0.487 e. The van der Waals surface area contributed by atoms with Gasteiger partial charge in [0.2, 0.25) is 11.8 Å². The summed E-state index contributed by atoms with van der Waals surface area (Å²) in [5.41, 5.74) is 0.536. The molecule has 0 spiro atoms. The van der Waals surface area contributed by atoms with Crippen molar-refractivity contribution >= 4 is 23.5 Å². The molecule has 0 bridgehead atoms. The van der Waals surface area contributed by atoms with Crippen LogP contribution >= 0.6 is 0 Å². The maximum absolute atomic E-state index is 12.6. The van der Waals surface area contributed by atoms with Crippen molar-refractivity contribution in [3.05, 3.63) is 36.9 Å². The fourth-order valence-corrected chi connectivity index (χ4v) is 2.87. The zero-order valence-corrected chi connectivity index (χ0v) is 17.0. The van der Waals surface area contributed by atoms with Crippen LogP contribution in [-0.2, 0) is 19.1 Å². The van der Waals surface area contributed by atoms with Gasteiger partial charge in [-0.1, -0.05) is 38.6 Å². The molecule has 0 radical (unpaired) electrons. The summed E-state index contributed by atoms with van der Waals surface area (Å²) in [4.78, 5) is 38.6. The summed E-state index contributed by atoms with van der Waals surface area (Å²) in [6, 6.07) is 6.35. The molecule has 1 aromatic rings. The van der Waals surface area contributed by atoms with Gasteiger partial charge in [-0.2, -0.15) is 0 Å². The van der Waals surface area contributed by atoms with Crippen molar-refractivity contribution in [2.24, 2.45) is 5.92 Å². The highest BCUT2D eigenvalue weighted by molar-refractivity contribution is 5.94. The second-order valence-corrected chi connectivity index (χ2v) is 7.20. The number of piperazine rings is 1. The first-order valence-electron chi connectivity index (χ1n) is 9.70. The Kier molecular flexibility index (Phi) is 8.67. The van der Waals surface area contributed by atoms with Gasteiger partial charge < -0.3 is 20.1 Å². The lowest BCUT2D eigenvalue weighted by Crippen LogP contribution is -2.57. The maximum atomic E-state index is 12.6. The van der Waals surface area contributed by atoms with E-state index in [1.165, 1.54) is 0 Å². The van der Waals surface area contributed by atoms with Crippen molar-refractivity contribution in [1.29, 1.82) is 0 Å². The minimum Gasteiger partial charge on any atom is -0.487 e. The number of hydrogen-bond donors (Lipinski definition) is 2. The Morgan fingerprint density at radius 3 is 2.86 bits per heavy atom. The van der Waals surface area contributed by atoms with Gasteiger partial charge in [-0.25, -0.2) is 0 Å². The van der Waals surface area contributed by atoms with Crippen molar-refractivity contribution < 1.29 is 23.9 Å². The Morgan fingerprint density at radius 1 is 1.38 bits per heavy atom. The standard InChI is InChI=1S/C21H29N3O5/c1-4-11-28-18-8-6-5-7-16(18)23-19(25)13-24-10-9-22-21(27)17(24)12-20(26)29-14-15(2)3/h4-8,15,17H,1,9-14H2,2-3H3,(H,22,27)(H,23,25). The molecule has 8 nitrogen and oxygen atoms in total. The van der Waals surface area contributed by atoms with Crippen LogP contribution in [0.1, 0.15) is 20.3 Å². The molecule has 2 N–H and O–H groups in total. The first-order valence-corrected chi connectivity index (χ1v) is 9.70. The van der Waals surface area contributed by atoms with Gasteiger partial charge >= 0.3 is 5.97 Å². The molecule has 1 atom stereocenters. The van der Waals surface area contributed by atoms with E-state index in [1.54, 1.807) is 29.2 Å². The van der Waals surface area contributed by atoms with Crippen LogP contribution in [0.15, 0.2) is 36.9 Å². The molecule has 1 unspecified atom stereocenters. The van der Waals surface area contributed by atoms with E-state index in [0.29, 0.717) is 37.7 Å². The summed E-state index contributed by atoms with van der Waals surface area (Å²) in [6.45, 7) is 8.97. The molecular weight excluding hydrogens is 374 g/mol. The molecule has 1 aliphatic heterocycles. The van der Waals surface area contributed by atoms with Gasteiger partial charge in [0, 0.05) is 13.1 Å². The van der Waals surface area contributed by atoms with E-state index in [-0.39, 0.29) is 30.7 Å². The Labute approximate surface area is 171 Å². The molecule has 0 aliphatic carbocycles. The van der Waals surface area contributed by atoms with Crippen LogP contribution < -0.4 is 15.4 Å². The molecule has 29 heavy (non-hydrogen) atoms. The summed E-state index contributed by atoms with van der Waals surface area (Å²) >= 11 is 0. The Bertz CT molecular complexity index is 735. The molecule has 8 heteroatoms. The number of carbonyl (C=O) groups is 3. The average molecular weight is 403 g/mol. The van der Waals surface area contributed by atoms with Gasteiger partial charge in [0.15, 0.2) is 0 Å². The van der Waals surface area contributed by atoms with E-state index in [1.807, 2.05) is 19.9 Å². The van der Waals surface area contributed by atoms with Crippen LogP contribution in [0.4, 0.5) is 5.69 Å². The molecule has 1 aliphatic rings. The first-order chi connectivity index (χ1) is 13.9. The van der Waals surface area contributed by atoms with Crippen molar-refractivity contribution in [2.75, 3.05) is 38.2 Å². The van der Waals surface area contributed by atoms with Crippen LogP contribution in [0.2, 0.25) is 0 Å². The number of esters is 1. The fraction of sp³-hybridized carbons (Fsp3) is 0.476. The topological polar surface area (TPSA) is 97.0 Å². The number of benzene rings is 1. The number of rotatable bonds is 10. The van der Waals surface area contributed by atoms with Gasteiger partial charge in [-0.05, 0) is 18.1 Å². The number of nitrogens with zero attached hydrogens (tertiary/aromatic N) is 1. The number of para-hydroxylation sites is 2. The maximum Gasteiger partial charge on any atom is 0.307 e. The second kappa shape index (κ2) is 11.2. The van der Waals surface area contributed by atoms with Crippen LogP contribution in [0.5, 0.6) is 5.75 Å². The monoisotopic (exact) mass is 403 g/mol. The smallest absolute Gasteiger partial charge is 0.307 e. The summed E-state index contributed by atoms with van der Waals surface area (Å²) in [5, 5.41) is 5.55. The zero-order valence-electron chi connectivity index (χ0n) is 17.0. The lowest BCUT2D eigenvalue weighted by molar-refractivity contribution is -0.149. The predicted molar refractivity (Wildman–Crippen MR) is 110 cm³/mol. The summed E-state index contributed by atoms with van der Waals surface area (Å²) in [5.74, 6) is -0.278. The van der Waals surface area contributed by atoms with E-state index in [9.17, 15) is 14.4 Å². The van der Waals surface area contributed by atoms with Crippen molar-refractivity contribution in [1.82, 2.24) is 10.2 Å². The molecule has 1 heterocycles. The molecular formula is C21H29N3O5. The Balaban J connectivity index is 1.98. The number of ether oxygens (including phenoxy) is 2. The van der Waals surface area contributed by atoms with E-state index in [2.05, 4.69) is 17.2 Å². The first kappa shape index (κ1) is 22.4. The van der Waals surface area contributed by atoms with Crippen LogP contribution in [0, 0.1) is 5.92 Å². The molecule has 0 aromatic heterocycles. The third kappa shape index (κ3) is 7.23. The minimum absolute atomic E-state index is 0.0225. The minimum atomic E-state index is -0.735. The van der Waals surface area contributed by atoms with Crippen LogP contribution in [0.3, 0.4) is 0 Å². The van der Waals surface area contributed by atoms with Gasteiger partial charge in [0.25, 0.3) is 0 Å². The SMILES string of the molecule is C=CCOc1ccccc1NC(=O)CN1CCNC(=O)C1CC(=O)OCC(C)C. The van der Waals surface area contributed by atoms with Crippen molar-refractivity contribution in [2.45, 2.75) is 26.3 Å². The highest BCUT2D eigenvalue weighted by Crippen LogP contribution is 2.23. The molecule has 2 amide bonds. The Hall–Kier alpha value is -2.87. The van der Waals surface area contributed by atoms with E-state index >= 15 is 0 Å². The van der Waals surface area contributed by atoms with Gasteiger partial charge in [-0.3, -0.25) is 19.3 Å². The normalized spacial score (nSPS) is 16.8. The van der Waals surface area contributed by atoms with Gasteiger partial charge in [-0.15, -0.1) is 0 Å². The highest BCUT2D eigenvalue weighted by atomic mass is 16.5. The third-order valence-corrected chi connectivity index (χ3v) is 4.24. The lowest BCUT2D eigenvalue weighted by Gasteiger charge is -2.33. The summed E-state index contributed by atoms with van der Waals surface area (Å²) in [6.07, 6.45) is 1.53. The van der Waals surface area contributed by atoms with E-state index < -0.39 is 12.0 Å². The van der Waals surface area contributed by atoms with Gasteiger partial charge in [0.05, 0.1) is 25.3 Å². The lowest BCUT2D eigenvalue weighted by atomic mass is 10.1. The van der Waals surface area contributed by atoms with E-state index in [4.69, 9.17) is 9.47 Å². The number of carbonyl (C=O) groups excluding carboxylic acids is 3. The Morgan fingerprint density at radius 2 is 2.14 bits per heavy atom. The molecule has 2 rings (SSSR count). The number of amides is 2.